The first-order valence-electron chi connectivity index (χ1n) is 8.08. The van der Waals surface area contributed by atoms with Crippen LogP contribution in [0.4, 0.5) is 0 Å². The van der Waals surface area contributed by atoms with Crippen molar-refractivity contribution in [3.05, 3.63) is 101 Å². The molecule has 25 heavy (non-hydrogen) atoms. The SMILES string of the molecule is O=C1/C(=C/c2cccc(O)c2)[C@@H](c2ccccc2)Oc2ccccc21. The van der Waals surface area contributed by atoms with Crippen LogP contribution in [-0.4, -0.2) is 10.9 Å². The van der Waals surface area contributed by atoms with Crippen molar-refractivity contribution in [2.24, 2.45) is 0 Å². The lowest BCUT2D eigenvalue weighted by molar-refractivity contribution is 0.0963. The molecule has 0 spiro atoms. The van der Waals surface area contributed by atoms with Crippen molar-refractivity contribution in [3.8, 4) is 11.5 Å². The number of fused-ring (bicyclic) bond motifs is 1. The van der Waals surface area contributed by atoms with Gasteiger partial charge in [0.05, 0.1) is 5.56 Å². The largest absolute Gasteiger partial charge is 0.508 e. The Bertz CT molecular complexity index is 958. The highest BCUT2D eigenvalue weighted by Crippen LogP contribution is 2.39. The molecule has 0 amide bonds. The topological polar surface area (TPSA) is 46.5 Å². The van der Waals surface area contributed by atoms with Crippen LogP contribution in [0.5, 0.6) is 11.5 Å². The zero-order valence-electron chi connectivity index (χ0n) is 13.4. The summed E-state index contributed by atoms with van der Waals surface area (Å²) >= 11 is 0. The van der Waals surface area contributed by atoms with E-state index in [2.05, 4.69) is 0 Å². The number of phenolic OH excluding ortho intramolecular Hbond substituents is 1. The molecule has 0 saturated carbocycles. The number of hydrogen-bond donors (Lipinski definition) is 1. The third kappa shape index (κ3) is 2.92. The molecule has 3 nitrogen and oxygen atoms in total. The van der Waals surface area contributed by atoms with Crippen LogP contribution in [0.3, 0.4) is 0 Å². The maximum absolute atomic E-state index is 13.1. The Balaban J connectivity index is 1.87. The fraction of sp³-hybridized carbons (Fsp3) is 0.0455. The van der Waals surface area contributed by atoms with Gasteiger partial charge in [-0.05, 0) is 41.5 Å². The molecule has 1 atom stereocenters. The van der Waals surface area contributed by atoms with Crippen molar-refractivity contribution >= 4 is 11.9 Å². The van der Waals surface area contributed by atoms with E-state index in [-0.39, 0.29) is 11.5 Å². The van der Waals surface area contributed by atoms with Crippen LogP contribution in [0, 0.1) is 0 Å². The molecule has 1 heterocycles. The number of carbonyl (C=O) groups excluding carboxylic acids is 1. The summed E-state index contributed by atoms with van der Waals surface area (Å²) in [5, 5.41) is 9.70. The number of ether oxygens (including phenoxy) is 1. The van der Waals surface area contributed by atoms with Gasteiger partial charge in [-0.2, -0.15) is 0 Å². The van der Waals surface area contributed by atoms with Crippen LogP contribution in [0.1, 0.15) is 27.6 Å². The second kappa shape index (κ2) is 6.29. The van der Waals surface area contributed by atoms with E-state index in [0.717, 1.165) is 11.1 Å². The quantitative estimate of drug-likeness (QED) is 0.688. The van der Waals surface area contributed by atoms with E-state index >= 15 is 0 Å². The second-order valence-corrected chi connectivity index (χ2v) is 5.93. The number of Topliss-reactive ketones (excluding diaryl/α,β-unsaturated/α-hetero) is 1. The standard InChI is InChI=1S/C22H16O3/c23-17-10-6-7-15(13-17)14-19-21(24)18-11-4-5-12-20(18)25-22(19)16-8-2-1-3-9-16/h1-14,22-23H/b19-14-/t22-/m1/s1. The number of benzene rings is 3. The Hall–Kier alpha value is -3.33. The summed E-state index contributed by atoms with van der Waals surface area (Å²) in [4.78, 5) is 13.1. The first-order valence-corrected chi connectivity index (χ1v) is 8.08. The highest BCUT2D eigenvalue weighted by atomic mass is 16.5. The molecular weight excluding hydrogens is 312 g/mol. The van der Waals surface area contributed by atoms with E-state index in [4.69, 9.17) is 4.74 Å². The van der Waals surface area contributed by atoms with Crippen LogP contribution in [-0.2, 0) is 0 Å². The number of rotatable bonds is 2. The highest BCUT2D eigenvalue weighted by Gasteiger charge is 2.32. The predicted molar refractivity (Wildman–Crippen MR) is 96.7 cm³/mol. The molecule has 3 heteroatoms. The Morgan fingerprint density at radius 2 is 1.64 bits per heavy atom. The first-order chi connectivity index (χ1) is 12.2. The Kier molecular flexibility index (Phi) is 3.82. The summed E-state index contributed by atoms with van der Waals surface area (Å²) in [6.45, 7) is 0. The number of ketones is 1. The molecule has 122 valence electrons. The number of phenols is 1. The Morgan fingerprint density at radius 1 is 0.880 bits per heavy atom. The van der Waals surface area contributed by atoms with E-state index in [9.17, 15) is 9.90 Å². The molecule has 0 aromatic heterocycles. The van der Waals surface area contributed by atoms with Crippen molar-refractivity contribution in [2.75, 3.05) is 0 Å². The lowest BCUT2D eigenvalue weighted by Crippen LogP contribution is -2.23. The summed E-state index contributed by atoms with van der Waals surface area (Å²) in [6, 6.07) is 23.8. The van der Waals surface area contributed by atoms with E-state index in [1.54, 1.807) is 30.3 Å². The summed E-state index contributed by atoms with van der Waals surface area (Å²) in [5.41, 5.74) is 2.78. The molecule has 0 bridgehead atoms. The summed E-state index contributed by atoms with van der Waals surface area (Å²) in [6.07, 6.45) is 1.31. The Labute approximate surface area is 145 Å². The zero-order valence-corrected chi connectivity index (χ0v) is 13.4. The third-order valence-corrected chi connectivity index (χ3v) is 4.22. The summed E-state index contributed by atoms with van der Waals surface area (Å²) in [7, 11) is 0. The van der Waals surface area contributed by atoms with Crippen LogP contribution >= 0.6 is 0 Å². The molecule has 0 radical (unpaired) electrons. The number of para-hydroxylation sites is 1. The minimum absolute atomic E-state index is 0.0564. The fourth-order valence-corrected chi connectivity index (χ4v) is 3.03. The molecule has 4 rings (SSSR count). The summed E-state index contributed by atoms with van der Waals surface area (Å²) in [5.74, 6) is 0.698. The zero-order chi connectivity index (χ0) is 17.2. The van der Waals surface area contributed by atoms with Crippen molar-refractivity contribution in [3.63, 3.8) is 0 Å². The van der Waals surface area contributed by atoms with Crippen molar-refractivity contribution < 1.29 is 14.6 Å². The van der Waals surface area contributed by atoms with E-state index in [0.29, 0.717) is 16.9 Å². The minimum atomic E-state index is -0.481. The lowest BCUT2D eigenvalue weighted by Gasteiger charge is -2.28. The summed E-state index contributed by atoms with van der Waals surface area (Å²) < 4.78 is 6.15. The van der Waals surface area contributed by atoms with Crippen LogP contribution in [0.25, 0.3) is 6.08 Å². The van der Waals surface area contributed by atoms with Gasteiger partial charge in [-0.15, -0.1) is 0 Å². The maximum atomic E-state index is 13.1. The number of carbonyl (C=O) groups is 1. The molecule has 3 aromatic carbocycles. The van der Waals surface area contributed by atoms with Gasteiger partial charge in [0.15, 0.2) is 11.9 Å². The van der Waals surface area contributed by atoms with Gasteiger partial charge in [0.2, 0.25) is 0 Å². The van der Waals surface area contributed by atoms with Gasteiger partial charge in [0.1, 0.15) is 11.5 Å². The second-order valence-electron chi connectivity index (χ2n) is 5.93. The van der Waals surface area contributed by atoms with Crippen LogP contribution < -0.4 is 4.74 Å². The molecule has 0 unspecified atom stereocenters. The molecule has 1 aliphatic heterocycles. The van der Waals surface area contributed by atoms with E-state index < -0.39 is 6.10 Å². The van der Waals surface area contributed by atoms with Gasteiger partial charge < -0.3 is 9.84 Å². The van der Waals surface area contributed by atoms with E-state index in [1.165, 1.54) is 0 Å². The maximum Gasteiger partial charge on any atom is 0.196 e. The van der Waals surface area contributed by atoms with Crippen LogP contribution in [0.15, 0.2) is 84.4 Å². The highest BCUT2D eigenvalue weighted by molar-refractivity contribution is 6.14. The van der Waals surface area contributed by atoms with Crippen LogP contribution in [0.2, 0.25) is 0 Å². The van der Waals surface area contributed by atoms with Crippen molar-refractivity contribution in [1.82, 2.24) is 0 Å². The molecule has 3 aromatic rings. The van der Waals surface area contributed by atoms with Gasteiger partial charge in [0.25, 0.3) is 0 Å². The normalized spacial score (nSPS) is 17.8. The van der Waals surface area contributed by atoms with Crippen molar-refractivity contribution in [1.29, 1.82) is 0 Å². The Morgan fingerprint density at radius 3 is 2.44 bits per heavy atom. The van der Waals surface area contributed by atoms with Gasteiger partial charge >= 0.3 is 0 Å². The minimum Gasteiger partial charge on any atom is -0.508 e. The average Bonchev–Trinajstić information content (AvgIpc) is 2.65. The fourth-order valence-electron chi connectivity index (χ4n) is 3.03. The van der Waals surface area contributed by atoms with Gasteiger partial charge in [-0.25, -0.2) is 0 Å². The average molecular weight is 328 g/mol. The molecule has 0 saturated heterocycles. The molecule has 0 aliphatic carbocycles. The van der Waals surface area contributed by atoms with Gasteiger partial charge in [0, 0.05) is 5.57 Å². The monoisotopic (exact) mass is 328 g/mol. The first kappa shape index (κ1) is 15.2. The smallest absolute Gasteiger partial charge is 0.196 e. The molecule has 1 aliphatic rings. The van der Waals surface area contributed by atoms with Crippen molar-refractivity contribution in [2.45, 2.75) is 6.10 Å². The molecular formula is C22H16O3. The number of hydrogen-bond acceptors (Lipinski definition) is 3. The predicted octanol–water partition coefficient (Wildman–Crippen LogP) is 4.79. The lowest BCUT2D eigenvalue weighted by atomic mass is 9.89. The van der Waals surface area contributed by atoms with Gasteiger partial charge in [-0.1, -0.05) is 54.6 Å². The molecule has 0 fully saturated rings. The van der Waals surface area contributed by atoms with E-state index in [1.807, 2.05) is 54.6 Å². The molecule has 1 N–H and O–H groups in total. The third-order valence-electron chi connectivity index (χ3n) is 4.22. The number of aromatic hydroxyl groups is 1. The van der Waals surface area contributed by atoms with Gasteiger partial charge in [-0.3, -0.25) is 4.79 Å².